The number of carbonyl (C=O) groups excluding carboxylic acids is 4. The number of aromatic nitrogens is 1. The second-order valence-electron chi connectivity index (χ2n) is 14.1. The Labute approximate surface area is 311 Å². The molecule has 2 atom stereocenters. The SMILES string of the molecule is CCC(C)(C)C(=O)C(=O)N1CCCCC1C(=O)O[C@H](CCc1ccc(OC)c(OC)c1)c1cccc(OCC(=O)NCCc2c[nH]c3ccccc23)c1. The number of amides is 2. The molecular formula is C42H51N3O8. The van der Waals surface area contributed by atoms with E-state index in [2.05, 4.69) is 16.4 Å². The maximum atomic E-state index is 13.9. The number of benzene rings is 3. The fraction of sp³-hybridized carbons (Fsp3) is 0.429. The summed E-state index contributed by atoms with van der Waals surface area (Å²) in [5, 5.41) is 4.06. The molecule has 2 amide bonds. The number of rotatable bonds is 17. The molecule has 2 heterocycles. The van der Waals surface area contributed by atoms with Crippen LogP contribution in [0.2, 0.25) is 0 Å². The molecule has 11 nitrogen and oxygen atoms in total. The Morgan fingerprint density at radius 1 is 0.943 bits per heavy atom. The van der Waals surface area contributed by atoms with Crippen LogP contribution in [0.3, 0.4) is 0 Å². The molecule has 1 aromatic heterocycles. The lowest BCUT2D eigenvalue weighted by atomic mass is 9.84. The molecule has 0 radical (unpaired) electrons. The second kappa shape index (κ2) is 17.9. The first-order valence-electron chi connectivity index (χ1n) is 18.4. The predicted molar refractivity (Wildman–Crippen MR) is 202 cm³/mol. The Kier molecular flexibility index (Phi) is 13.2. The number of likely N-dealkylation sites (tertiary alicyclic amines) is 1. The lowest BCUT2D eigenvalue weighted by molar-refractivity contribution is -0.164. The van der Waals surface area contributed by atoms with Crippen molar-refractivity contribution in [1.29, 1.82) is 0 Å². The van der Waals surface area contributed by atoms with Crippen LogP contribution < -0.4 is 19.5 Å². The summed E-state index contributed by atoms with van der Waals surface area (Å²) < 4.78 is 23.0. The van der Waals surface area contributed by atoms with Crippen LogP contribution in [0.25, 0.3) is 10.9 Å². The highest BCUT2D eigenvalue weighted by atomic mass is 16.5. The third-order valence-corrected chi connectivity index (χ3v) is 10.1. The molecule has 1 aliphatic heterocycles. The molecule has 0 spiro atoms. The van der Waals surface area contributed by atoms with Gasteiger partial charge in [0.1, 0.15) is 17.9 Å². The van der Waals surface area contributed by atoms with Crippen LogP contribution in [-0.4, -0.2) is 73.4 Å². The monoisotopic (exact) mass is 725 g/mol. The van der Waals surface area contributed by atoms with Gasteiger partial charge in [-0.25, -0.2) is 4.79 Å². The number of para-hydroxylation sites is 1. The Hall–Kier alpha value is -5.32. The van der Waals surface area contributed by atoms with Crippen molar-refractivity contribution in [3.63, 3.8) is 0 Å². The topological polar surface area (TPSA) is 136 Å². The van der Waals surface area contributed by atoms with E-state index in [0.29, 0.717) is 74.4 Å². The number of carbonyl (C=O) groups is 4. The number of aryl methyl sites for hydroxylation is 1. The van der Waals surface area contributed by atoms with Gasteiger partial charge in [0.05, 0.1) is 14.2 Å². The number of ether oxygens (including phenoxy) is 4. The van der Waals surface area contributed by atoms with Gasteiger partial charge in [0.15, 0.2) is 18.1 Å². The van der Waals surface area contributed by atoms with Gasteiger partial charge < -0.3 is 34.1 Å². The van der Waals surface area contributed by atoms with E-state index in [-0.39, 0.29) is 12.5 Å². The summed E-state index contributed by atoms with van der Waals surface area (Å²) >= 11 is 0. The number of aromatic amines is 1. The number of H-pyrrole nitrogens is 1. The van der Waals surface area contributed by atoms with Crippen LogP contribution in [0.4, 0.5) is 0 Å². The quantitative estimate of drug-likeness (QED) is 0.0928. The highest BCUT2D eigenvalue weighted by Crippen LogP contribution is 2.33. The third kappa shape index (κ3) is 9.77. The van der Waals surface area contributed by atoms with E-state index in [9.17, 15) is 19.2 Å². The summed E-state index contributed by atoms with van der Waals surface area (Å²) in [5.74, 6) is -0.318. The van der Waals surface area contributed by atoms with Gasteiger partial charge in [0.2, 0.25) is 5.78 Å². The predicted octanol–water partition coefficient (Wildman–Crippen LogP) is 6.53. The molecule has 53 heavy (non-hydrogen) atoms. The molecule has 11 heteroatoms. The van der Waals surface area contributed by atoms with Crippen molar-refractivity contribution in [3.8, 4) is 17.2 Å². The summed E-state index contributed by atoms with van der Waals surface area (Å²) in [7, 11) is 3.15. The van der Waals surface area contributed by atoms with Crippen molar-refractivity contribution in [2.75, 3.05) is 33.9 Å². The number of methoxy groups -OCH3 is 2. The summed E-state index contributed by atoms with van der Waals surface area (Å²) in [4.78, 5) is 57.9. The fourth-order valence-corrected chi connectivity index (χ4v) is 6.53. The molecule has 2 N–H and O–H groups in total. The molecule has 0 saturated carbocycles. The smallest absolute Gasteiger partial charge is 0.329 e. The standard InChI is InChI=1S/C42H51N3O8/c1-6-42(2,3)39(47)40(48)45-23-10-9-16-34(45)41(49)53-35(19-17-28-18-20-36(50-4)37(24-28)51-5)29-12-11-13-31(25-29)52-27-38(46)43-22-21-30-26-44-33-15-8-7-14-32(30)33/h7-8,11-15,18,20,24-26,34-35,44H,6,9-10,16-17,19,21-23,27H2,1-5H3,(H,43,46)/t34?,35-/m1/s1. The van der Waals surface area contributed by atoms with Gasteiger partial charge in [-0.1, -0.05) is 57.2 Å². The average Bonchev–Trinajstić information content (AvgIpc) is 3.60. The molecule has 0 aliphatic carbocycles. The fourth-order valence-electron chi connectivity index (χ4n) is 6.53. The zero-order valence-corrected chi connectivity index (χ0v) is 31.4. The lowest BCUT2D eigenvalue weighted by Crippen LogP contribution is -2.53. The molecule has 1 fully saturated rings. The number of hydrogen-bond donors (Lipinski definition) is 2. The molecule has 3 aromatic carbocycles. The van der Waals surface area contributed by atoms with E-state index in [1.165, 1.54) is 4.90 Å². The zero-order valence-electron chi connectivity index (χ0n) is 31.4. The number of ketones is 1. The Balaban J connectivity index is 1.28. The first-order valence-corrected chi connectivity index (χ1v) is 18.4. The van der Waals surface area contributed by atoms with E-state index in [1.54, 1.807) is 46.3 Å². The van der Waals surface area contributed by atoms with Crippen molar-refractivity contribution in [2.45, 2.75) is 77.9 Å². The minimum atomic E-state index is -0.871. The molecule has 5 rings (SSSR count). The summed E-state index contributed by atoms with van der Waals surface area (Å²) in [5.41, 5.74) is 2.97. The number of Topliss-reactive ketones (excluding diaryl/α,β-unsaturated/α-hetero) is 1. The summed E-state index contributed by atoms with van der Waals surface area (Å²) in [6.07, 6.45) is 5.20. The lowest BCUT2D eigenvalue weighted by Gasteiger charge is -2.36. The molecule has 282 valence electrons. The molecule has 0 bridgehead atoms. The van der Waals surface area contributed by atoms with Gasteiger partial charge in [0.25, 0.3) is 11.8 Å². The second-order valence-corrected chi connectivity index (χ2v) is 14.1. The first-order chi connectivity index (χ1) is 25.5. The van der Waals surface area contributed by atoms with E-state index in [0.717, 1.165) is 28.5 Å². The average molecular weight is 726 g/mol. The Morgan fingerprint density at radius 2 is 1.74 bits per heavy atom. The molecule has 1 saturated heterocycles. The maximum absolute atomic E-state index is 13.9. The van der Waals surface area contributed by atoms with Crippen molar-refractivity contribution in [3.05, 3.63) is 89.6 Å². The van der Waals surface area contributed by atoms with E-state index >= 15 is 0 Å². The first kappa shape index (κ1) is 38.9. The van der Waals surface area contributed by atoms with Crippen LogP contribution in [-0.2, 0) is 36.8 Å². The van der Waals surface area contributed by atoms with Crippen LogP contribution in [0, 0.1) is 5.41 Å². The molecular weight excluding hydrogens is 674 g/mol. The number of piperidine rings is 1. The zero-order chi connectivity index (χ0) is 38.0. The van der Waals surface area contributed by atoms with Gasteiger partial charge in [-0.05, 0) is 92.0 Å². The van der Waals surface area contributed by atoms with Crippen LogP contribution in [0.1, 0.15) is 75.7 Å². The molecule has 1 unspecified atom stereocenters. The highest BCUT2D eigenvalue weighted by Gasteiger charge is 2.41. The largest absolute Gasteiger partial charge is 0.493 e. The number of esters is 1. The highest BCUT2D eigenvalue weighted by molar-refractivity contribution is 6.38. The normalized spacial score (nSPS) is 15.0. The summed E-state index contributed by atoms with van der Waals surface area (Å²) in [6.45, 7) is 5.95. The van der Waals surface area contributed by atoms with Crippen molar-refractivity contribution in [2.24, 2.45) is 5.41 Å². The third-order valence-electron chi connectivity index (χ3n) is 10.1. The van der Waals surface area contributed by atoms with Crippen molar-refractivity contribution < 1.29 is 38.1 Å². The van der Waals surface area contributed by atoms with Gasteiger partial charge in [-0.2, -0.15) is 0 Å². The van der Waals surface area contributed by atoms with Crippen LogP contribution in [0.15, 0.2) is 72.9 Å². The number of nitrogens with one attached hydrogen (secondary N) is 2. The number of hydrogen-bond acceptors (Lipinski definition) is 8. The van der Waals surface area contributed by atoms with Crippen molar-refractivity contribution >= 4 is 34.5 Å². The minimum absolute atomic E-state index is 0.186. The maximum Gasteiger partial charge on any atom is 0.329 e. The van der Waals surface area contributed by atoms with Crippen LogP contribution >= 0.6 is 0 Å². The Morgan fingerprint density at radius 3 is 2.51 bits per heavy atom. The summed E-state index contributed by atoms with van der Waals surface area (Å²) in [6, 6.07) is 20.0. The van der Waals surface area contributed by atoms with E-state index < -0.39 is 35.2 Å². The minimum Gasteiger partial charge on any atom is -0.493 e. The van der Waals surface area contributed by atoms with E-state index in [1.807, 2.05) is 55.6 Å². The van der Waals surface area contributed by atoms with Gasteiger partial charge in [-0.15, -0.1) is 0 Å². The van der Waals surface area contributed by atoms with Gasteiger partial charge in [0, 0.05) is 35.6 Å². The van der Waals surface area contributed by atoms with E-state index in [4.69, 9.17) is 18.9 Å². The molecule has 1 aliphatic rings. The Bertz CT molecular complexity index is 1900. The van der Waals surface area contributed by atoms with Crippen molar-refractivity contribution in [1.82, 2.24) is 15.2 Å². The number of fused-ring (bicyclic) bond motifs is 1. The van der Waals surface area contributed by atoms with Gasteiger partial charge in [-0.3, -0.25) is 14.4 Å². The van der Waals surface area contributed by atoms with Crippen LogP contribution in [0.5, 0.6) is 17.2 Å². The number of nitrogens with zero attached hydrogens (tertiary/aromatic N) is 1. The van der Waals surface area contributed by atoms with Gasteiger partial charge >= 0.3 is 5.97 Å². The molecule has 4 aromatic rings.